The highest BCUT2D eigenvalue weighted by molar-refractivity contribution is 7.80. The third kappa shape index (κ3) is 6.08. The van der Waals surface area contributed by atoms with E-state index in [0.29, 0.717) is 29.8 Å². The van der Waals surface area contributed by atoms with E-state index in [9.17, 15) is 0 Å². The number of hydrogen-bond acceptors (Lipinski definition) is 4. The molecule has 2 rings (SSSR count). The number of hydrogen-bond donors (Lipinski definition) is 2. The van der Waals surface area contributed by atoms with Crippen LogP contribution in [-0.4, -0.2) is 25.0 Å². The second-order valence-corrected chi connectivity index (χ2v) is 5.67. The Labute approximate surface area is 154 Å². The molecule has 0 saturated carbocycles. The molecule has 0 heterocycles. The van der Waals surface area contributed by atoms with Gasteiger partial charge in [0.1, 0.15) is 0 Å². The van der Waals surface area contributed by atoms with Gasteiger partial charge in [0.05, 0.1) is 19.9 Å². The van der Waals surface area contributed by atoms with Gasteiger partial charge in [-0.2, -0.15) is 5.10 Å². The summed E-state index contributed by atoms with van der Waals surface area (Å²) in [6.07, 6.45) is 2.59. The van der Waals surface area contributed by atoms with Crippen LogP contribution in [0.3, 0.4) is 0 Å². The molecule has 25 heavy (non-hydrogen) atoms. The number of methoxy groups -OCH3 is 1. The highest BCUT2D eigenvalue weighted by atomic mass is 32.1. The smallest absolute Gasteiger partial charge is 0.187 e. The molecule has 0 spiro atoms. The molecule has 6 heteroatoms. The molecule has 0 aromatic heterocycles. The SMILES string of the molecule is CCCOc1c(/C=N\NC(=S)NCc2ccccc2)cccc1OC. The molecule has 0 atom stereocenters. The number of benzene rings is 2. The van der Waals surface area contributed by atoms with E-state index in [2.05, 4.69) is 22.8 Å². The molecule has 2 N–H and O–H groups in total. The first kappa shape index (κ1) is 18.7. The Morgan fingerprint density at radius 2 is 1.96 bits per heavy atom. The lowest BCUT2D eigenvalue weighted by Crippen LogP contribution is -2.31. The number of nitrogens with one attached hydrogen (secondary N) is 2. The van der Waals surface area contributed by atoms with E-state index in [1.54, 1.807) is 13.3 Å². The van der Waals surface area contributed by atoms with Crippen molar-refractivity contribution < 1.29 is 9.47 Å². The summed E-state index contributed by atoms with van der Waals surface area (Å²) in [5.41, 5.74) is 4.79. The lowest BCUT2D eigenvalue weighted by atomic mass is 10.2. The average Bonchev–Trinajstić information content (AvgIpc) is 2.66. The summed E-state index contributed by atoms with van der Waals surface area (Å²) in [4.78, 5) is 0. The van der Waals surface area contributed by atoms with Crippen LogP contribution in [-0.2, 0) is 6.54 Å². The van der Waals surface area contributed by atoms with E-state index in [1.807, 2.05) is 48.5 Å². The molecule has 5 nitrogen and oxygen atoms in total. The Balaban J connectivity index is 1.93. The molecule has 0 aliphatic rings. The van der Waals surface area contributed by atoms with Gasteiger partial charge in [0.15, 0.2) is 16.6 Å². The van der Waals surface area contributed by atoms with Crippen molar-refractivity contribution in [3.05, 3.63) is 59.7 Å². The van der Waals surface area contributed by atoms with Crippen molar-refractivity contribution in [1.82, 2.24) is 10.7 Å². The van der Waals surface area contributed by atoms with Gasteiger partial charge in [-0.05, 0) is 36.3 Å². The Hall–Kier alpha value is -2.60. The second-order valence-electron chi connectivity index (χ2n) is 5.27. The van der Waals surface area contributed by atoms with Gasteiger partial charge in [0, 0.05) is 12.1 Å². The Bertz CT molecular complexity index is 705. The summed E-state index contributed by atoms with van der Waals surface area (Å²) >= 11 is 5.23. The largest absolute Gasteiger partial charge is 0.493 e. The average molecular weight is 357 g/mol. The third-order valence-corrected chi connectivity index (χ3v) is 3.58. The number of ether oxygens (including phenoxy) is 2. The Morgan fingerprint density at radius 3 is 2.68 bits per heavy atom. The number of nitrogens with zero attached hydrogens (tertiary/aromatic N) is 1. The summed E-state index contributed by atoms with van der Waals surface area (Å²) < 4.78 is 11.1. The minimum atomic E-state index is 0.457. The molecular formula is C19H23N3O2S. The molecule has 132 valence electrons. The van der Waals surface area contributed by atoms with E-state index in [4.69, 9.17) is 21.7 Å². The Morgan fingerprint density at radius 1 is 1.16 bits per heavy atom. The van der Waals surface area contributed by atoms with Gasteiger partial charge in [-0.1, -0.05) is 43.3 Å². The van der Waals surface area contributed by atoms with Crippen molar-refractivity contribution >= 4 is 23.5 Å². The first-order valence-electron chi connectivity index (χ1n) is 8.15. The van der Waals surface area contributed by atoms with Gasteiger partial charge in [-0.15, -0.1) is 0 Å². The van der Waals surface area contributed by atoms with Gasteiger partial charge in [-0.25, -0.2) is 0 Å². The van der Waals surface area contributed by atoms with Crippen LogP contribution in [0.5, 0.6) is 11.5 Å². The van der Waals surface area contributed by atoms with Crippen LogP contribution in [0, 0.1) is 0 Å². The fraction of sp³-hybridized carbons (Fsp3) is 0.263. The van der Waals surface area contributed by atoms with Crippen molar-refractivity contribution in [3.8, 4) is 11.5 Å². The zero-order chi connectivity index (χ0) is 17.9. The first-order valence-corrected chi connectivity index (χ1v) is 8.56. The normalized spacial score (nSPS) is 10.5. The molecule has 0 radical (unpaired) electrons. The number of rotatable bonds is 8. The Kier molecular flexibility index (Phi) is 7.72. The van der Waals surface area contributed by atoms with Crippen molar-refractivity contribution in [2.75, 3.05) is 13.7 Å². The van der Waals surface area contributed by atoms with E-state index < -0.39 is 0 Å². The molecule has 0 unspecified atom stereocenters. The standard InChI is InChI=1S/C19H23N3O2S/c1-3-12-24-18-16(10-7-11-17(18)23-2)14-21-22-19(25)20-13-15-8-5-4-6-9-15/h4-11,14H,3,12-13H2,1-2H3,(H2,20,22,25)/b21-14-. The predicted molar refractivity (Wildman–Crippen MR) is 105 cm³/mol. The van der Waals surface area contributed by atoms with Crippen LogP contribution >= 0.6 is 12.2 Å². The zero-order valence-electron chi connectivity index (χ0n) is 14.5. The molecule has 0 saturated heterocycles. The van der Waals surface area contributed by atoms with E-state index >= 15 is 0 Å². The van der Waals surface area contributed by atoms with Crippen LogP contribution in [0.4, 0.5) is 0 Å². The first-order chi connectivity index (χ1) is 12.2. The van der Waals surface area contributed by atoms with Gasteiger partial charge in [-0.3, -0.25) is 5.43 Å². The minimum Gasteiger partial charge on any atom is -0.493 e. The van der Waals surface area contributed by atoms with Gasteiger partial charge >= 0.3 is 0 Å². The lowest BCUT2D eigenvalue weighted by Gasteiger charge is -2.12. The lowest BCUT2D eigenvalue weighted by molar-refractivity contribution is 0.294. The van der Waals surface area contributed by atoms with Gasteiger partial charge < -0.3 is 14.8 Å². The van der Waals surface area contributed by atoms with E-state index in [1.165, 1.54) is 0 Å². The second kappa shape index (κ2) is 10.3. The molecule has 0 bridgehead atoms. The third-order valence-electron chi connectivity index (χ3n) is 3.35. The summed E-state index contributed by atoms with van der Waals surface area (Å²) in [7, 11) is 1.62. The molecule has 0 aliphatic carbocycles. The maximum absolute atomic E-state index is 5.78. The molecule has 0 amide bonds. The highest BCUT2D eigenvalue weighted by Gasteiger charge is 2.08. The minimum absolute atomic E-state index is 0.457. The van der Waals surface area contributed by atoms with Crippen LogP contribution in [0.2, 0.25) is 0 Å². The van der Waals surface area contributed by atoms with Crippen molar-refractivity contribution in [2.24, 2.45) is 5.10 Å². The summed E-state index contributed by atoms with van der Waals surface area (Å²) in [6.45, 7) is 3.32. The monoisotopic (exact) mass is 357 g/mol. The number of hydrazone groups is 1. The molecule has 2 aromatic carbocycles. The highest BCUT2D eigenvalue weighted by Crippen LogP contribution is 2.30. The maximum atomic E-state index is 5.78. The van der Waals surface area contributed by atoms with Crippen LogP contribution in [0.15, 0.2) is 53.6 Å². The molecule has 0 fully saturated rings. The van der Waals surface area contributed by atoms with Crippen LogP contribution < -0.4 is 20.2 Å². The summed E-state index contributed by atoms with van der Waals surface area (Å²) in [5, 5.41) is 7.75. The van der Waals surface area contributed by atoms with Crippen molar-refractivity contribution in [1.29, 1.82) is 0 Å². The summed E-state index contributed by atoms with van der Waals surface area (Å²) in [6, 6.07) is 15.7. The van der Waals surface area contributed by atoms with Crippen molar-refractivity contribution in [3.63, 3.8) is 0 Å². The van der Waals surface area contributed by atoms with Crippen LogP contribution in [0.1, 0.15) is 24.5 Å². The quantitative estimate of drug-likeness (QED) is 0.430. The predicted octanol–water partition coefficient (Wildman–Crippen LogP) is 3.48. The maximum Gasteiger partial charge on any atom is 0.187 e. The fourth-order valence-corrected chi connectivity index (χ4v) is 2.26. The van der Waals surface area contributed by atoms with Crippen LogP contribution in [0.25, 0.3) is 0 Å². The van der Waals surface area contributed by atoms with E-state index in [0.717, 1.165) is 17.5 Å². The van der Waals surface area contributed by atoms with Gasteiger partial charge in [0.2, 0.25) is 0 Å². The van der Waals surface area contributed by atoms with Crippen molar-refractivity contribution in [2.45, 2.75) is 19.9 Å². The molecule has 2 aromatic rings. The van der Waals surface area contributed by atoms with E-state index in [-0.39, 0.29) is 0 Å². The number of thiocarbonyl (C=S) groups is 1. The topological polar surface area (TPSA) is 54.9 Å². The zero-order valence-corrected chi connectivity index (χ0v) is 15.3. The molecule has 0 aliphatic heterocycles. The fourth-order valence-electron chi connectivity index (χ4n) is 2.13. The summed E-state index contributed by atoms with van der Waals surface area (Å²) in [5.74, 6) is 1.36. The molecular weight excluding hydrogens is 334 g/mol. The van der Waals surface area contributed by atoms with Gasteiger partial charge in [0.25, 0.3) is 0 Å². The number of para-hydroxylation sites is 1.